The third kappa shape index (κ3) is 3.79. The van der Waals surface area contributed by atoms with Crippen LogP contribution in [0.25, 0.3) is 0 Å². The van der Waals surface area contributed by atoms with Gasteiger partial charge in [-0.3, -0.25) is 9.48 Å². The van der Waals surface area contributed by atoms with E-state index in [4.69, 9.17) is 22.7 Å². The Labute approximate surface area is 121 Å². The highest BCUT2D eigenvalue weighted by Crippen LogP contribution is 2.16. The molecule has 0 spiro atoms. The highest BCUT2D eigenvalue weighted by Gasteiger charge is 2.08. The van der Waals surface area contributed by atoms with E-state index in [2.05, 4.69) is 10.4 Å². The number of ether oxygens (including phenoxy) is 1. The molecule has 0 aliphatic heterocycles. The maximum absolute atomic E-state index is 11.9. The van der Waals surface area contributed by atoms with Gasteiger partial charge < -0.3 is 15.8 Å². The molecule has 0 aliphatic rings. The quantitative estimate of drug-likeness (QED) is 0.812. The Morgan fingerprint density at radius 1 is 1.45 bits per heavy atom. The largest absolute Gasteiger partial charge is 0.487 e. The Morgan fingerprint density at radius 3 is 2.70 bits per heavy atom. The molecule has 2 aromatic rings. The first-order valence-corrected chi connectivity index (χ1v) is 6.26. The van der Waals surface area contributed by atoms with E-state index in [0.717, 1.165) is 0 Å². The van der Waals surface area contributed by atoms with Gasteiger partial charge in [-0.1, -0.05) is 12.2 Å². The Morgan fingerprint density at radius 2 is 2.15 bits per heavy atom. The number of carbonyl (C=O) groups excluding carboxylic acids is 1. The van der Waals surface area contributed by atoms with Crippen molar-refractivity contribution in [2.75, 3.05) is 11.9 Å². The second-order valence-corrected chi connectivity index (χ2v) is 4.66. The van der Waals surface area contributed by atoms with Crippen molar-refractivity contribution < 1.29 is 9.53 Å². The Hall–Kier alpha value is -2.41. The summed E-state index contributed by atoms with van der Waals surface area (Å²) in [5.41, 5.74) is 6.51. The van der Waals surface area contributed by atoms with E-state index in [1.165, 1.54) is 6.20 Å². The van der Waals surface area contributed by atoms with Gasteiger partial charge in [-0.15, -0.1) is 0 Å². The molecule has 0 saturated carbocycles. The van der Waals surface area contributed by atoms with Gasteiger partial charge in [-0.25, -0.2) is 0 Å². The fourth-order valence-corrected chi connectivity index (χ4v) is 1.59. The van der Waals surface area contributed by atoms with Gasteiger partial charge >= 0.3 is 0 Å². The molecule has 6 nitrogen and oxygen atoms in total. The van der Waals surface area contributed by atoms with E-state index in [-0.39, 0.29) is 12.5 Å². The summed E-state index contributed by atoms with van der Waals surface area (Å²) in [5.74, 6) is 0.423. The van der Waals surface area contributed by atoms with Gasteiger partial charge in [0.2, 0.25) is 0 Å². The third-order valence-electron chi connectivity index (χ3n) is 2.46. The fourth-order valence-electron chi connectivity index (χ4n) is 1.53. The zero-order valence-corrected chi connectivity index (χ0v) is 11.7. The summed E-state index contributed by atoms with van der Waals surface area (Å²) in [5, 5.41) is 6.71. The molecular formula is C13H14N4O2S. The lowest BCUT2D eigenvalue weighted by Crippen LogP contribution is -2.17. The zero-order valence-electron chi connectivity index (χ0n) is 10.9. The molecule has 1 amide bonds. The molecule has 0 atom stereocenters. The van der Waals surface area contributed by atoms with Crippen LogP contribution in [0.4, 0.5) is 5.69 Å². The highest BCUT2D eigenvalue weighted by atomic mass is 32.1. The first-order chi connectivity index (χ1) is 9.54. The minimum atomic E-state index is -0.213. The van der Waals surface area contributed by atoms with Crippen LogP contribution < -0.4 is 15.8 Å². The van der Waals surface area contributed by atoms with E-state index < -0.39 is 0 Å². The predicted molar refractivity (Wildman–Crippen MR) is 79.9 cm³/mol. The second kappa shape index (κ2) is 6.16. The first kappa shape index (κ1) is 14.0. The predicted octanol–water partition coefficient (Wildman–Crippen LogP) is 1.34. The van der Waals surface area contributed by atoms with Crippen molar-refractivity contribution in [2.24, 2.45) is 12.8 Å². The lowest BCUT2D eigenvalue weighted by atomic mass is 10.2. The minimum absolute atomic E-state index is 0.191. The minimum Gasteiger partial charge on any atom is -0.487 e. The van der Waals surface area contributed by atoms with Crippen molar-refractivity contribution in [1.82, 2.24) is 9.78 Å². The maximum Gasteiger partial charge on any atom is 0.258 e. The summed E-state index contributed by atoms with van der Waals surface area (Å²) >= 11 is 4.72. The second-order valence-electron chi connectivity index (χ2n) is 4.14. The maximum atomic E-state index is 11.9. The molecule has 1 heterocycles. The number of thiocarbonyl (C=S) groups is 1. The molecule has 3 N–H and O–H groups in total. The molecule has 0 aliphatic carbocycles. The number of rotatable bonds is 5. The topological polar surface area (TPSA) is 82.2 Å². The SMILES string of the molecule is Cn1cc(C(=O)Nc2ccc(OCC(N)=S)cc2)cn1. The Kier molecular flexibility index (Phi) is 4.31. The number of benzene rings is 1. The van der Waals surface area contributed by atoms with E-state index >= 15 is 0 Å². The van der Waals surface area contributed by atoms with Crippen LogP contribution in [-0.4, -0.2) is 27.3 Å². The molecule has 1 aromatic heterocycles. The van der Waals surface area contributed by atoms with Gasteiger partial charge in [-0.2, -0.15) is 5.10 Å². The number of hydrogen-bond donors (Lipinski definition) is 2. The normalized spacial score (nSPS) is 10.1. The van der Waals surface area contributed by atoms with Gasteiger partial charge in [0.05, 0.1) is 11.8 Å². The van der Waals surface area contributed by atoms with Gasteiger partial charge in [0.1, 0.15) is 17.3 Å². The zero-order chi connectivity index (χ0) is 14.5. The van der Waals surface area contributed by atoms with E-state index in [1.54, 1.807) is 42.2 Å². The molecule has 2 rings (SSSR count). The van der Waals surface area contributed by atoms with Gasteiger partial charge in [0.25, 0.3) is 5.91 Å². The molecule has 0 unspecified atom stereocenters. The molecule has 0 saturated heterocycles. The molecule has 0 fully saturated rings. The summed E-state index contributed by atoms with van der Waals surface area (Å²) in [4.78, 5) is 12.2. The molecule has 1 aromatic carbocycles. The number of hydrogen-bond acceptors (Lipinski definition) is 4. The molecule has 104 valence electrons. The summed E-state index contributed by atoms with van der Waals surface area (Å²) < 4.78 is 6.89. The van der Waals surface area contributed by atoms with Crippen LogP contribution >= 0.6 is 12.2 Å². The van der Waals surface area contributed by atoms with Crippen LogP contribution in [0, 0.1) is 0 Å². The number of aromatic nitrogens is 2. The van der Waals surface area contributed by atoms with Crippen molar-refractivity contribution in [2.45, 2.75) is 0 Å². The summed E-state index contributed by atoms with van der Waals surface area (Å²) in [6, 6.07) is 6.95. The van der Waals surface area contributed by atoms with Crippen LogP contribution in [0.15, 0.2) is 36.7 Å². The van der Waals surface area contributed by atoms with E-state index in [1.807, 2.05) is 0 Å². The number of nitrogens with two attached hydrogens (primary N) is 1. The highest BCUT2D eigenvalue weighted by molar-refractivity contribution is 7.80. The standard InChI is InChI=1S/C13H14N4O2S/c1-17-7-9(6-15-17)13(18)16-10-2-4-11(5-3-10)19-8-12(14)20/h2-7H,8H2,1H3,(H2,14,20)(H,16,18). The average molecular weight is 290 g/mol. The summed E-state index contributed by atoms with van der Waals surface area (Å²) in [7, 11) is 1.75. The number of nitrogens with one attached hydrogen (secondary N) is 1. The average Bonchev–Trinajstić information content (AvgIpc) is 2.85. The van der Waals surface area contributed by atoms with Crippen LogP contribution in [0.2, 0.25) is 0 Å². The van der Waals surface area contributed by atoms with Crippen molar-refractivity contribution >= 4 is 28.8 Å². The van der Waals surface area contributed by atoms with Gasteiger partial charge in [0.15, 0.2) is 0 Å². The first-order valence-electron chi connectivity index (χ1n) is 5.86. The number of carbonyl (C=O) groups is 1. The van der Waals surface area contributed by atoms with Crippen molar-refractivity contribution in [3.8, 4) is 5.75 Å². The molecule has 7 heteroatoms. The van der Waals surface area contributed by atoms with Gasteiger partial charge in [-0.05, 0) is 24.3 Å². The van der Waals surface area contributed by atoms with E-state index in [0.29, 0.717) is 22.0 Å². The Bertz CT molecular complexity index is 622. The lowest BCUT2D eigenvalue weighted by molar-refractivity contribution is 0.102. The van der Waals surface area contributed by atoms with Crippen LogP contribution in [0.3, 0.4) is 0 Å². The molecule has 20 heavy (non-hydrogen) atoms. The number of amides is 1. The van der Waals surface area contributed by atoms with Crippen molar-refractivity contribution in [3.05, 3.63) is 42.2 Å². The number of nitrogens with zero attached hydrogens (tertiary/aromatic N) is 2. The van der Waals surface area contributed by atoms with Crippen molar-refractivity contribution in [3.63, 3.8) is 0 Å². The van der Waals surface area contributed by atoms with E-state index in [9.17, 15) is 4.79 Å². The number of aryl methyl sites for hydroxylation is 1. The monoisotopic (exact) mass is 290 g/mol. The number of anilines is 1. The summed E-state index contributed by atoms with van der Waals surface area (Å²) in [6.07, 6.45) is 3.16. The summed E-state index contributed by atoms with van der Waals surface area (Å²) in [6.45, 7) is 0.191. The van der Waals surface area contributed by atoms with Crippen LogP contribution in [0.5, 0.6) is 5.75 Å². The smallest absolute Gasteiger partial charge is 0.258 e. The van der Waals surface area contributed by atoms with Crippen molar-refractivity contribution in [1.29, 1.82) is 0 Å². The molecule has 0 radical (unpaired) electrons. The molecule has 0 bridgehead atoms. The third-order valence-corrected chi connectivity index (χ3v) is 2.58. The van der Waals surface area contributed by atoms with Gasteiger partial charge in [0, 0.05) is 18.9 Å². The van der Waals surface area contributed by atoms with Crippen LogP contribution in [0.1, 0.15) is 10.4 Å². The molecular weight excluding hydrogens is 276 g/mol. The lowest BCUT2D eigenvalue weighted by Gasteiger charge is -2.07. The fraction of sp³-hybridized carbons (Fsp3) is 0.154. The Balaban J connectivity index is 1.96. The van der Waals surface area contributed by atoms with Crippen LogP contribution in [-0.2, 0) is 7.05 Å².